The second-order valence-electron chi connectivity index (χ2n) is 3.70. The van der Waals surface area contributed by atoms with Gasteiger partial charge in [0.05, 0.1) is 17.5 Å². The van der Waals surface area contributed by atoms with Gasteiger partial charge in [-0.2, -0.15) is 13.2 Å². The van der Waals surface area contributed by atoms with Crippen LogP contribution in [0.2, 0.25) is 0 Å². The van der Waals surface area contributed by atoms with Crippen LogP contribution in [0.5, 0.6) is 0 Å². The number of benzene rings is 1. The second kappa shape index (κ2) is 5.56. The normalized spacial score (nSPS) is 12.6. The number of nitrogens with zero attached hydrogens (tertiary/aromatic N) is 1. The Morgan fingerprint density at radius 2 is 1.79 bits per heavy atom. The average molecular weight is 265 g/mol. The van der Waals surface area contributed by atoms with E-state index in [1.54, 1.807) is 30.5 Å². The molecular formula is C14H10F3NO. The highest BCUT2D eigenvalue weighted by Crippen LogP contribution is 2.30. The minimum Gasteiger partial charge on any atom is -0.465 e. The maximum Gasteiger partial charge on any atom is 0.416 e. The molecule has 1 heterocycles. The van der Waals surface area contributed by atoms with Gasteiger partial charge in [-0.1, -0.05) is 0 Å². The zero-order chi connectivity index (χ0) is 13.7. The van der Waals surface area contributed by atoms with Crippen molar-refractivity contribution in [2.45, 2.75) is 6.18 Å². The van der Waals surface area contributed by atoms with Crippen LogP contribution in [0.25, 0.3) is 6.08 Å². The van der Waals surface area contributed by atoms with Gasteiger partial charge in [0, 0.05) is 6.21 Å². The molecular weight excluding hydrogens is 255 g/mol. The maximum atomic E-state index is 12.3. The number of rotatable bonds is 3. The Bertz CT molecular complexity index is 566. The molecule has 0 amide bonds. The molecule has 19 heavy (non-hydrogen) atoms. The van der Waals surface area contributed by atoms with Crippen molar-refractivity contribution in [3.63, 3.8) is 0 Å². The lowest BCUT2D eigenvalue weighted by atomic mass is 10.2. The van der Waals surface area contributed by atoms with Crippen molar-refractivity contribution in [1.82, 2.24) is 0 Å². The molecule has 98 valence electrons. The zero-order valence-electron chi connectivity index (χ0n) is 9.76. The first kappa shape index (κ1) is 13.1. The first-order chi connectivity index (χ1) is 9.05. The average Bonchev–Trinajstić information content (AvgIpc) is 2.87. The summed E-state index contributed by atoms with van der Waals surface area (Å²) < 4.78 is 42.0. The number of aliphatic imine (C=N–C) groups is 1. The Hall–Kier alpha value is -2.30. The van der Waals surface area contributed by atoms with Crippen molar-refractivity contribution in [3.05, 3.63) is 60.1 Å². The molecule has 0 fully saturated rings. The summed E-state index contributed by atoms with van der Waals surface area (Å²) in [5, 5.41) is 0. The molecule has 0 aliphatic carbocycles. The minimum absolute atomic E-state index is 0.456. The van der Waals surface area contributed by atoms with E-state index >= 15 is 0 Å². The van der Waals surface area contributed by atoms with Crippen molar-refractivity contribution in [2.24, 2.45) is 4.99 Å². The molecule has 0 bridgehead atoms. The second-order valence-corrected chi connectivity index (χ2v) is 3.70. The maximum absolute atomic E-state index is 12.3. The summed E-state index contributed by atoms with van der Waals surface area (Å²) >= 11 is 0. The Kier molecular flexibility index (Phi) is 3.85. The molecule has 2 aromatic rings. The van der Waals surface area contributed by atoms with Crippen molar-refractivity contribution in [1.29, 1.82) is 0 Å². The Morgan fingerprint density at radius 1 is 1.05 bits per heavy atom. The summed E-state index contributed by atoms with van der Waals surface area (Å²) in [7, 11) is 0. The third-order valence-corrected chi connectivity index (χ3v) is 2.31. The van der Waals surface area contributed by atoms with Crippen molar-refractivity contribution >= 4 is 18.0 Å². The Morgan fingerprint density at radius 3 is 2.37 bits per heavy atom. The van der Waals surface area contributed by atoms with E-state index in [-0.39, 0.29) is 0 Å². The van der Waals surface area contributed by atoms with Crippen LogP contribution in [-0.2, 0) is 6.18 Å². The van der Waals surface area contributed by atoms with Gasteiger partial charge in [-0.15, -0.1) is 0 Å². The lowest BCUT2D eigenvalue weighted by Crippen LogP contribution is -2.03. The van der Waals surface area contributed by atoms with Gasteiger partial charge in [0.25, 0.3) is 0 Å². The van der Waals surface area contributed by atoms with E-state index in [2.05, 4.69) is 4.99 Å². The Balaban J connectivity index is 2.00. The molecule has 0 atom stereocenters. The van der Waals surface area contributed by atoms with Crippen molar-refractivity contribution in [2.75, 3.05) is 0 Å². The lowest BCUT2D eigenvalue weighted by molar-refractivity contribution is -0.137. The fourth-order valence-electron chi connectivity index (χ4n) is 1.39. The molecule has 2 nitrogen and oxygen atoms in total. The fourth-order valence-corrected chi connectivity index (χ4v) is 1.39. The van der Waals surface area contributed by atoms with E-state index in [0.29, 0.717) is 11.4 Å². The van der Waals surface area contributed by atoms with E-state index in [4.69, 9.17) is 4.42 Å². The van der Waals surface area contributed by atoms with Gasteiger partial charge < -0.3 is 4.42 Å². The molecule has 1 aromatic carbocycles. The molecule has 1 aromatic heterocycles. The molecule has 5 heteroatoms. The summed E-state index contributed by atoms with van der Waals surface area (Å²) in [5.41, 5.74) is -0.227. The van der Waals surface area contributed by atoms with Crippen molar-refractivity contribution < 1.29 is 17.6 Å². The third-order valence-electron chi connectivity index (χ3n) is 2.31. The van der Waals surface area contributed by atoms with Crippen LogP contribution < -0.4 is 0 Å². The third kappa shape index (κ3) is 3.84. The van der Waals surface area contributed by atoms with Gasteiger partial charge in [0.15, 0.2) is 0 Å². The van der Waals surface area contributed by atoms with Gasteiger partial charge in [-0.25, -0.2) is 0 Å². The van der Waals surface area contributed by atoms with Gasteiger partial charge in [-0.3, -0.25) is 4.99 Å². The quantitative estimate of drug-likeness (QED) is 0.737. The fraction of sp³-hybridized carbons (Fsp3) is 0.0714. The topological polar surface area (TPSA) is 25.5 Å². The number of furan rings is 1. The van der Waals surface area contributed by atoms with Crippen LogP contribution in [0.4, 0.5) is 18.9 Å². The zero-order valence-corrected chi connectivity index (χ0v) is 9.76. The number of allylic oxidation sites excluding steroid dienone is 1. The molecule has 0 aliphatic rings. The van der Waals surface area contributed by atoms with E-state index in [1.807, 2.05) is 0 Å². The van der Waals surface area contributed by atoms with Gasteiger partial charge in [0.2, 0.25) is 0 Å². The van der Waals surface area contributed by atoms with E-state index in [1.165, 1.54) is 18.3 Å². The predicted molar refractivity (Wildman–Crippen MR) is 67.3 cm³/mol. The largest absolute Gasteiger partial charge is 0.465 e. The number of hydrogen-bond donors (Lipinski definition) is 0. The first-order valence-electron chi connectivity index (χ1n) is 5.47. The van der Waals surface area contributed by atoms with Crippen LogP contribution in [-0.4, -0.2) is 6.21 Å². The van der Waals surface area contributed by atoms with Crippen molar-refractivity contribution in [3.8, 4) is 0 Å². The van der Waals surface area contributed by atoms with E-state index in [0.717, 1.165) is 12.1 Å². The standard InChI is InChI=1S/C14H10F3NO/c15-14(16,17)11-5-7-12(8-6-11)18-9-1-3-13-4-2-10-19-13/h1-10H/b3-1+,18-9?. The number of hydrogen-bond acceptors (Lipinski definition) is 2. The monoisotopic (exact) mass is 265 g/mol. The molecule has 0 spiro atoms. The molecule has 0 radical (unpaired) electrons. The summed E-state index contributed by atoms with van der Waals surface area (Å²) in [6, 6.07) is 8.18. The first-order valence-corrected chi connectivity index (χ1v) is 5.47. The van der Waals surface area contributed by atoms with Gasteiger partial charge >= 0.3 is 6.18 Å². The van der Waals surface area contributed by atoms with Crippen LogP contribution in [0.3, 0.4) is 0 Å². The highest BCUT2D eigenvalue weighted by atomic mass is 19.4. The smallest absolute Gasteiger partial charge is 0.416 e. The molecule has 0 saturated heterocycles. The number of halogens is 3. The molecule has 0 aliphatic heterocycles. The minimum atomic E-state index is -4.32. The molecule has 0 saturated carbocycles. The van der Waals surface area contributed by atoms with Gasteiger partial charge in [0.1, 0.15) is 5.76 Å². The summed E-state index contributed by atoms with van der Waals surface area (Å²) in [6.45, 7) is 0. The lowest BCUT2D eigenvalue weighted by Gasteiger charge is -2.05. The Labute approximate surface area is 107 Å². The van der Waals surface area contributed by atoms with Crippen LogP contribution in [0, 0.1) is 0 Å². The SMILES string of the molecule is FC(F)(F)c1ccc(N=C/C=C/c2ccco2)cc1. The molecule has 0 unspecified atom stereocenters. The summed E-state index contributed by atoms with van der Waals surface area (Å²) in [4.78, 5) is 4.01. The van der Waals surface area contributed by atoms with E-state index in [9.17, 15) is 13.2 Å². The molecule has 2 rings (SSSR count). The van der Waals surface area contributed by atoms with E-state index < -0.39 is 11.7 Å². The predicted octanol–water partition coefficient (Wildman–Crippen LogP) is 4.71. The summed E-state index contributed by atoms with van der Waals surface area (Å²) in [6.07, 6.45) is 2.07. The van der Waals surface area contributed by atoms with Crippen LogP contribution in [0.15, 0.2) is 58.1 Å². The number of alkyl halides is 3. The van der Waals surface area contributed by atoms with Gasteiger partial charge in [-0.05, 0) is 48.6 Å². The van der Waals surface area contributed by atoms with Crippen LogP contribution in [0.1, 0.15) is 11.3 Å². The van der Waals surface area contributed by atoms with Crippen LogP contribution >= 0.6 is 0 Å². The highest BCUT2D eigenvalue weighted by molar-refractivity contribution is 5.79. The summed E-state index contributed by atoms with van der Waals surface area (Å²) in [5.74, 6) is 0.680. The molecule has 0 N–H and O–H groups in total. The highest BCUT2D eigenvalue weighted by Gasteiger charge is 2.29.